The quantitative estimate of drug-likeness (QED) is 0.796. The Morgan fingerprint density at radius 2 is 2.08 bits per heavy atom. The summed E-state index contributed by atoms with van der Waals surface area (Å²) in [4.78, 5) is 11.9. The summed E-state index contributed by atoms with van der Waals surface area (Å²) in [7, 11) is -3.16. The summed E-state index contributed by atoms with van der Waals surface area (Å²) in [6.07, 6.45) is 1.14. The maximum absolute atomic E-state index is 13.2. The average molecular weight is 379 g/mol. The number of amides is 1. The van der Waals surface area contributed by atoms with Gasteiger partial charge in [0, 0.05) is 17.2 Å². The van der Waals surface area contributed by atoms with Crippen LogP contribution >= 0.6 is 12.4 Å². The van der Waals surface area contributed by atoms with Crippen LogP contribution < -0.4 is 11.1 Å². The van der Waals surface area contributed by atoms with E-state index < -0.39 is 21.8 Å². The molecular formula is C15H20ClFN2O4S. The van der Waals surface area contributed by atoms with Crippen molar-refractivity contribution in [2.75, 3.05) is 12.0 Å². The van der Waals surface area contributed by atoms with Crippen molar-refractivity contribution in [3.63, 3.8) is 0 Å². The predicted octanol–water partition coefficient (Wildman–Crippen LogP) is 1.68. The lowest BCUT2D eigenvalue weighted by Crippen LogP contribution is -2.41. The fourth-order valence-corrected chi connectivity index (χ4v) is 2.87. The minimum atomic E-state index is -3.16. The molecule has 1 amide bonds. The molecule has 2 rings (SSSR count). The van der Waals surface area contributed by atoms with E-state index in [1.165, 1.54) is 18.2 Å². The zero-order valence-corrected chi connectivity index (χ0v) is 15.0. The van der Waals surface area contributed by atoms with Crippen LogP contribution in [0.5, 0.6) is 0 Å². The number of hydrogen-bond acceptors (Lipinski definition) is 5. The standard InChI is InChI=1S/C15H19FN2O4S.ClH/c1-9-11-7-10(16)3-4-13(11)22-14(9)8-18-15(19)12(17)5-6-23(2,20)21;/h3-4,7,12H,5-6,8,17H2,1-2H3,(H,18,19);1H. The molecule has 0 aliphatic rings. The number of fused-ring (bicyclic) bond motifs is 1. The molecule has 3 N–H and O–H groups in total. The monoisotopic (exact) mass is 378 g/mol. The van der Waals surface area contributed by atoms with E-state index in [2.05, 4.69) is 5.32 Å². The van der Waals surface area contributed by atoms with Crippen molar-refractivity contribution < 1.29 is 22.0 Å². The zero-order valence-electron chi connectivity index (χ0n) is 13.3. The van der Waals surface area contributed by atoms with E-state index >= 15 is 0 Å². The van der Waals surface area contributed by atoms with Gasteiger partial charge in [-0.3, -0.25) is 4.79 Å². The van der Waals surface area contributed by atoms with Gasteiger partial charge in [0.1, 0.15) is 27.0 Å². The highest BCUT2D eigenvalue weighted by Gasteiger charge is 2.17. The number of halogens is 2. The smallest absolute Gasteiger partial charge is 0.237 e. The number of nitrogens with one attached hydrogen (secondary N) is 1. The maximum Gasteiger partial charge on any atom is 0.237 e. The van der Waals surface area contributed by atoms with Gasteiger partial charge in [-0.25, -0.2) is 12.8 Å². The molecule has 1 unspecified atom stereocenters. The SMILES string of the molecule is Cc1c(CNC(=O)C(N)CCS(C)(=O)=O)oc2ccc(F)cc12.Cl. The molecule has 0 saturated carbocycles. The minimum absolute atomic E-state index is 0. The maximum atomic E-state index is 13.2. The van der Waals surface area contributed by atoms with Crippen LogP contribution in [0.2, 0.25) is 0 Å². The number of aryl methyl sites for hydroxylation is 1. The van der Waals surface area contributed by atoms with Gasteiger partial charge in [0.05, 0.1) is 18.3 Å². The second-order valence-electron chi connectivity index (χ2n) is 5.53. The third-order valence-electron chi connectivity index (χ3n) is 3.56. The van der Waals surface area contributed by atoms with Gasteiger partial charge >= 0.3 is 0 Å². The van der Waals surface area contributed by atoms with Crippen molar-refractivity contribution in [2.24, 2.45) is 5.73 Å². The molecule has 0 bridgehead atoms. The number of carbonyl (C=O) groups excluding carboxylic acids is 1. The van der Waals surface area contributed by atoms with Crippen molar-refractivity contribution in [1.82, 2.24) is 5.32 Å². The van der Waals surface area contributed by atoms with Crippen molar-refractivity contribution in [3.8, 4) is 0 Å². The van der Waals surface area contributed by atoms with Gasteiger partial charge in [0.25, 0.3) is 0 Å². The van der Waals surface area contributed by atoms with E-state index in [-0.39, 0.29) is 36.9 Å². The molecule has 2 aromatic rings. The van der Waals surface area contributed by atoms with Gasteiger partial charge in [-0.05, 0) is 31.5 Å². The topological polar surface area (TPSA) is 102 Å². The van der Waals surface area contributed by atoms with E-state index in [9.17, 15) is 17.6 Å². The fraction of sp³-hybridized carbons (Fsp3) is 0.400. The number of carbonyl (C=O) groups is 1. The number of nitrogens with two attached hydrogens (primary N) is 1. The zero-order chi connectivity index (χ0) is 17.2. The molecule has 0 radical (unpaired) electrons. The molecule has 1 aromatic carbocycles. The lowest BCUT2D eigenvalue weighted by atomic mass is 10.1. The molecule has 0 spiro atoms. The van der Waals surface area contributed by atoms with E-state index in [4.69, 9.17) is 10.2 Å². The van der Waals surface area contributed by atoms with Gasteiger partial charge in [-0.1, -0.05) is 0 Å². The first kappa shape index (κ1) is 20.4. The summed E-state index contributed by atoms with van der Waals surface area (Å²) in [5, 5.41) is 3.25. The Balaban J connectivity index is 0.00000288. The van der Waals surface area contributed by atoms with Gasteiger partial charge in [-0.15, -0.1) is 12.4 Å². The molecule has 0 aliphatic heterocycles. The summed E-state index contributed by atoms with van der Waals surface area (Å²) >= 11 is 0. The third kappa shape index (κ3) is 5.19. The second-order valence-corrected chi connectivity index (χ2v) is 7.79. The molecule has 0 aliphatic carbocycles. The lowest BCUT2D eigenvalue weighted by Gasteiger charge is -2.11. The molecule has 6 nitrogen and oxygen atoms in total. The van der Waals surface area contributed by atoms with Crippen LogP contribution in [0.15, 0.2) is 22.6 Å². The molecule has 24 heavy (non-hydrogen) atoms. The van der Waals surface area contributed by atoms with Crippen molar-refractivity contribution >= 4 is 39.1 Å². The summed E-state index contributed by atoms with van der Waals surface area (Å²) in [5.74, 6) is -0.460. The second kappa shape index (κ2) is 7.96. The predicted molar refractivity (Wildman–Crippen MR) is 92.3 cm³/mol. The Hall–Kier alpha value is -1.64. The first-order valence-corrected chi connectivity index (χ1v) is 9.12. The first-order valence-electron chi connectivity index (χ1n) is 7.06. The van der Waals surface area contributed by atoms with Crippen LogP contribution in [-0.2, 0) is 21.2 Å². The summed E-state index contributed by atoms with van der Waals surface area (Å²) in [5.41, 5.74) is 6.94. The number of furan rings is 1. The Morgan fingerprint density at radius 1 is 1.42 bits per heavy atom. The molecule has 1 heterocycles. The largest absolute Gasteiger partial charge is 0.459 e. The van der Waals surface area contributed by atoms with Crippen molar-refractivity contribution in [3.05, 3.63) is 35.3 Å². The van der Waals surface area contributed by atoms with Gasteiger partial charge in [0.15, 0.2) is 0 Å². The number of rotatable bonds is 6. The molecular weight excluding hydrogens is 359 g/mol. The Bertz CT molecular complexity index is 835. The number of sulfone groups is 1. The fourth-order valence-electron chi connectivity index (χ4n) is 2.18. The highest BCUT2D eigenvalue weighted by Crippen LogP contribution is 2.25. The molecule has 134 valence electrons. The van der Waals surface area contributed by atoms with E-state index in [0.29, 0.717) is 16.7 Å². The molecule has 0 saturated heterocycles. The third-order valence-corrected chi connectivity index (χ3v) is 4.53. The van der Waals surface area contributed by atoms with E-state index in [0.717, 1.165) is 11.8 Å². The van der Waals surface area contributed by atoms with Crippen LogP contribution in [0.3, 0.4) is 0 Å². The first-order chi connectivity index (χ1) is 10.7. The minimum Gasteiger partial charge on any atom is -0.459 e. The summed E-state index contributed by atoms with van der Waals surface area (Å²) in [6, 6.07) is 3.29. The van der Waals surface area contributed by atoms with E-state index in [1.807, 2.05) is 0 Å². The summed E-state index contributed by atoms with van der Waals surface area (Å²) in [6.45, 7) is 1.88. The number of hydrogen-bond donors (Lipinski definition) is 2. The number of benzene rings is 1. The Labute approximate surface area is 145 Å². The summed E-state index contributed by atoms with van der Waals surface area (Å²) < 4.78 is 41.0. The van der Waals surface area contributed by atoms with Crippen molar-refractivity contribution in [1.29, 1.82) is 0 Å². The van der Waals surface area contributed by atoms with Crippen LogP contribution in [-0.4, -0.2) is 32.4 Å². The Kier molecular flexibility index (Phi) is 6.76. The van der Waals surface area contributed by atoms with Crippen LogP contribution in [0.25, 0.3) is 11.0 Å². The van der Waals surface area contributed by atoms with E-state index in [1.54, 1.807) is 6.92 Å². The van der Waals surface area contributed by atoms with Crippen LogP contribution in [0, 0.1) is 12.7 Å². The van der Waals surface area contributed by atoms with Gasteiger partial charge in [0.2, 0.25) is 5.91 Å². The normalized spacial score (nSPS) is 12.7. The van der Waals surface area contributed by atoms with Gasteiger partial charge < -0.3 is 15.5 Å². The average Bonchev–Trinajstić information content (AvgIpc) is 2.78. The highest BCUT2D eigenvalue weighted by molar-refractivity contribution is 7.90. The molecule has 1 atom stereocenters. The molecule has 0 fully saturated rings. The molecule has 9 heteroatoms. The van der Waals surface area contributed by atoms with Gasteiger partial charge in [-0.2, -0.15) is 0 Å². The highest BCUT2D eigenvalue weighted by atomic mass is 35.5. The van der Waals surface area contributed by atoms with Crippen LogP contribution in [0.1, 0.15) is 17.7 Å². The lowest BCUT2D eigenvalue weighted by molar-refractivity contribution is -0.122. The van der Waals surface area contributed by atoms with Crippen molar-refractivity contribution in [2.45, 2.75) is 25.9 Å². The molecule has 1 aromatic heterocycles. The van der Waals surface area contributed by atoms with Crippen LogP contribution in [0.4, 0.5) is 4.39 Å². The Morgan fingerprint density at radius 3 is 2.71 bits per heavy atom.